The van der Waals surface area contributed by atoms with Crippen LogP contribution in [-0.2, 0) is 0 Å². The van der Waals surface area contributed by atoms with Crippen molar-refractivity contribution in [2.24, 2.45) is 0 Å². The van der Waals surface area contributed by atoms with Gasteiger partial charge in [-0.2, -0.15) is 9.97 Å². The van der Waals surface area contributed by atoms with Gasteiger partial charge in [0.05, 0.1) is 27.5 Å². The molecule has 0 radical (unpaired) electrons. The zero-order valence-corrected chi connectivity index (χ0v) is 27.2. The molecule has 6 nitrogen and oxygen atoms in total. The maximum Gasteiger partial charge on any atom is 0.238 e. The van der Waals surface area contributed by atoms with Gasteiger partial charge in [0.15, 0.2) is 11.6 Å². The second-order valence-corrected chi connectivity index (χ2v) is 12.9. The molecule has 11 rings (SSSR count). The molecule has 4 aromatic heterocycles. The van der Waals surface area contributed by atoms with Crippen molar-refractivity contribution >= 4 is 65.6 Å². The monoisotopic (exact) mass is 653 g/mol. The number of fused-ring (bicyclic) bond motifs is 10. The molecule has 0 saturated heterocycles. The summed E-state index contributed by atoms with van der Waals surface area (Å²) in [6.07, 6.45) is 0. The predicted molar refractivity (Wildman–Crippen MR) is 207 cm³/mol. The number of para-hydroxylation sites is 3. The Bertz CT molecular complexity index is 3060. The van der Waals surface area contributed by atoms with Crippen molar-refractivity contribution in [2.75, 3.05) is 0 Å². The molecule has 0 aliphatic rings. The Morgan fingerprint density at radius 2 is 0.980 bits per heavy atom. The topological polar surface area (TPSA) is 61.7 Å². The highest BCUT2D eigenvalue weighted by Gasteiger charge is 2.23. The van der Waals surface area contributed by atoms with Gasteiger partial charge >= 0.3 is 0 Å². The molecule has 11 aromatic rings. The number of hydrogen-bond acceptors (Lipinski definition) is 4. The summed E-state index contributed by atoms with van der Waals surface area (Å²) in [5.41, 5.74) is 8.93. The number of nitrogens with zero attached hydrogens (tertiary/aromatic N) is 5. The molecule has 51 heavy (non-hydrogen) atoms. The highest BCUT2D eigenvalue weighted by Crippen LogP contribution is 2.43. The van der Waals surface area contributed by atoms with Crippen LogP contribution in [0, 0.1) is 0 Å². The first-order valence-corrected chi connectivity index (χ1v) is 17.0. The lowest BCUT2D eigenvalue weighted by Gasteiger charge is -2.11. The lowest BCUT2D eigenvalue weighted by atomic mass is 10.1. The number of hydrogen-bond donors (Lipinski definition) is 0. The van der Waals surface area contributed by atoms with E-state index in [2.05, 4.69) is 100 Å². The van der Waals surface area contributed by atoms with Crippen molar-refractivity contribution in [1.29, 1.82) is 0 Å². The van der Waals surface area contributed by atoms with Crippen LogP contribution < -0.4 is 0 Å². The molecule has 0 N–H and O–H groups in total. The van der Waals surface area contributed by atoms with Crippen LogP contribution in [0.1, 0.15) is 0 Å². The molecule has 0 atom stereocenters. The van der Waals surface area contributed by atoms with E-state index in [0.717, 1.165) is 82.4 Å². The van der Waals surface area contributed by atoms with E-state index in [1.807, 2.05) is 72.8 Å². The maximum absolute atomic E-state index is 6.69. The Labute approximate surface area is 291 Å². The highest BCUT2D eigenvalue weighted by molar-refractivity contribution is 6.26. The minimum absolute atomic E-state index is 0.564. The molecule has 7 aromatic carbocycles. The van der Waals surface area contributed by atoms with Crippen LogP contribution >= 0.6 is 0 Å². The molecule has 0 saturated carbocycles. The van der Waals surface area contributed by atoms with Gasteiger partial charge in [0.1, 0.15) is 11.2 Å². The number of benzene rings is 7. The molecule has 6 heteroatoms. The zero-order chi connectivity index (χ0) is 33.5. The molecular formula is C45H27N5O. The fraction of sp³-hybridized carbons (Fsp3) is 0. The fourth-order valence-corrected chi connectivity index (χ4v) is 7.71. The lowest BCUT2D eigenvalue weighted by molar-refractivity contribution is 0.673. The number of aromatic nitrogens is 5. The van der Waals surface area contributed by atoms with Crippen molar-refractivity contribution in [3.05, 3.63) is 164 Å². The van der Waals surface area contributed by atoms with E-state index >= 15 is 0 Å². The van der Waals surface area contributed by atoms with Crippen LogP contribution in [0.3, 0.4) is 0 Å². The minimum atomic E-state index is 0.564. The summed E-state index contributed by atoms with van der Waals surface area (Å²) in [6, 6.07) is 56.6. The fourth-order valence-electron chi connectivity index (χ4n) is 7.71. The second-order valence-electron chi connectivity index (χ2n) is 12.9. The van der Waals surface area contributed by atoms with E-state index in [0.29, 0.717) is 17.6 Å². The Balaban J connectivity index is 1.30. The van der Waals surface area contributed by atoms with Gasteiger partial charge < -0.3 is 8.98 Å². The molecule has 0 aliphatic heterocycles. The van der Waals surface area contributed by atoms with Crippen molar-refractivity contribution in [2.45, 2.75) is 0 Å². The first-order valence-electron chi connectivity index (χ1n) is 17.0. The van der Waals surface area contributed by atoms with Gasteiger partial charge in [0.25, 0.3) is 0 Å². The van der Waals surface area contributed by atoms with Crippen molar-refractivity contribution in [3.63, 3.8) is 0 Å². The van der Waals surface area contributed by atoms with Crippen LogP contribution in [0.15, 0.2) is 168 Å². The third-order valence-corrected chi connectivity index (χ3v) is 9.97. The van der Waals surface area contributed by atoms with Crippen LogP contribution in [0.4, 0.5) is 0 Å². The van der Waals surface area contributed by atoms with Crippen LogP contribution in [0.5, 0.6) is 0 Å². The van der Waals surface area contributed by atoms with Gasteiger partial charge in [-0.05, 0) is 48.5 Å². The van der Waals surface area contributed by atoms with E-state index in [4.69, 9.17) is 19.4 Å². The first kappa shape index (κ1) is 27.9. The number of rotatable bonds is 4. The SMILES string of the molecule is c1ccc(-c2nc(-c3ccccc3)nc(-n3c4ccccc4c4cc5c(cc43)c3c4oc6ccccc6c4ccc3n5-c3ccccc3)n2)cc1. The minimum Gasteiger partial charge on any atom is -0.455 e. The summed E-state index contributed by atoms with van der Waals surface area (Å²) in [4.78, 5) is 15.3. The Hall–Kier alpha value is -7.05. The van der Waals surface area contributed by atoms with E-state index < -0.39 is 0 Å². The molecule has 0 bridgehead atoms. The lowest BCUT2D eigenvalue weighted by Crippen LogP contribution is -2.06. The van der Waals surface area contributed by atoms with Crippen molar-refractivity contribution < 1.29 is 4.42 Å². The van der Waals surface area contributed by atoms with E-state index in [1.165, 1.54) is 0 Å². The molecular weight excluding hydrogens is 627 g/mol. The number of furan rings is 1. The third kappa shape index (κ3) is 4.14. The summed E-state index contributed by atoms with van der Waals surface area (Å²) in [6.45, 7) is 0. The largest absolute Gasteiger partial charge is 0.455 e. The van der Waals surface area contributed by atoms with Gasteiger partial charge in [0.2, 0.25) is 5.95 Å². The van der Waals surface area contributed by atoms with E-state index in [-0.39, 0.29) is 0 Å². The van der Waals surface area contributed by atoms with Crippen LogP contribution in [0.25, 0.3) is 100.0 Å². The normalized spacial score (nSPS) is 11.9. The highest BCUT2D eigenvalue weighted by atomic mass is 16.3. The molecule has 0 amide bonds. The summed E-state index contributed by atoms with van der Waals surface area (Å²) in [5.74, 6) is 1.81. The average molecular weight is 654 g/mol. The van der Waals surface area contributed by atoms with Crippen LogP contribution in [-0.4, -0.2) is 24.1 Å². The molecule has 0 spiro atoms. The molecule has 0 unspecified atom stereocenters. The van der Waals surface area contributed by atoms with E-state index in [1.54, 1.807) is 0 Å². The summed E-state index contributed by atoms with van der Waals surface area (Å²) in [7, 11) is 0. The smallest absolute Gasteiger partial charge is 0.238 e. The van der Waals surface area contributed by atoms with Gasteiger partial charge in [0, 0.05) is 43.7 Å². The Morgan fingerprint density at radius 1 is 0.392 bits per heavy atom. The maximum atomic E-state index is 6.69. The van der Waals surface area contributed by atoms with Crippen LogP contribution in [0.2, 0.25) is 0 Å². The van der Waals surface area contributed by atoms with Crippen molar-refractivity contribution in [3.8, 4) is 34.4 Å². The second kappa shape index (κ2) is 10.7. The molecule has 4 heterocycles. The van der Waals surface area contributed by atoms with Gasteiger partial charge in [-0.25, -0.2) is 4.98 Å². The zero-order valence-electron chi connectivity index (χ0n) is 27.2. The quantitative estimate of drug-likeness (QED) is 0.190. The molecule has 0 aliphatic carbocycles. The predicted octanol–water partition coefficient (Wildman–Crippen LogP) is 11.3. The molecule has 238 valence electrons. The van der Waals surface area contributed by atoms with Crippen molar-refractivity contribution in [1.82, 2.24) is 24.1 Å². The summed E-state index contributed by atoms with van der Waals surface area (Å²) >= 11 is 0. The third-order valence-electron chi connectivity index (χ3n) is 9.97. The Kier molecular flexibility index (Phi) is 5.86. The first-order chi connectivity index (χ1) is 25.3. The standard InChI is InChI=1S/C45H27N5O/c1-4-14-28(15-5-1)43-46-44(29-16-6-2-7-17-29)48-45(47-43)50-36-22-12-10-20-31(36)34-26-39-35(27-38(34)50)41-37(49(39)30-18-8-3-9-19-30)25-24-33-32-21-11-13-23-40(32)51-42(33)41/h1-27H. The summed E-state index contributed by atoms with van der Waals surface area (Å²) in [5, 5.41) is 6.61. The van der Waals surface area contributed by atoms with Gasteiger partial charge in [-0.1, -0.05) is 115 Å². The summed E-state index contributed by atoms with van der Waals surface area (Å²) < 4.78 is 11.2. The Morgan fingerprint density at radius 3 is 1.71 bits per heavy atom. The van der Waals surface area contributed by atoms with E-state index in [9.17, 15) is 0 Å². The van der Waals surface area contributed by atoms with Gasteiger partial charge in [-0.15, -0.1) is 0 Å². The average Bonchev–Trinajstić information content (AvgIpc) is 3.85. The van der Waals surface area contributed by atoms with Gasteiger partial charge in [-0.3, -0.25) is 4.57 Å². The molecule has 0 fully saturated rings.